The predicted molar refractivity (Wildman–Crippen MR) is 215 cm³/mol. The normalized spacial score (nSPS) is 11.8. The number of hydrogen-bond acceptors (Lipinski definition) is 7. The third kappa shape index (κ3) is 4.93. The SMILES string of the molecule is c1ccc(-c2nc(-c3ccc(-c4cccc5c4oc4ccccc45)cc3)nc(-c3cccc4oc5cc(-c6nc7ccccc7s6)ccc5c34)n2)cc1. The molecular formula is C46H26N4O2S. The van der Waals surface area contributed by atoms with Crippen LogP contribution in [0, 0.1) is 0 Å². The molecule has 7 heteroatoms. The van der Waals surface area contributed by atoms with Crippen LogP contribution in [0.4, 0.5) is 0 Å². The van der Waals surface area contributed by atoms with Gasteiger partial charge in [-0.05, 0) is 42.0 Å². The summed E-state index contributed by atoms with van der Waals surface area (Å²) in [4.78, 5) is 20.1. The Hall–Kier alpha value is -6.96. The first kappa shape index (κ1) is 29.7. The predicted octanol–water partition coefficient (Wildman–Crippen LogP) is 12.6. The van der Waals surface area contributed by atoms with Gasteiger partial charge in [-0.25, -0.2) is 19.9 Å². The molecule has 0 aliphatic heterocycles. The molecule has 53 heavy (non-hydrogen) atoms. The van der Waals surface area contributed by atoms with Crippen LogP contribution in [0.5, 0.6) is 0 Å². The Kier molecular flexibility index (Phi) is 6.62. The van der Waals surface area contributed by atoms with Crippen molar-refractivity contribution in [3.05, 3.63) is 158 Å². The third-order valence-electron chi connectivity index (χ3n) is 9.80. The van der Waals surface area contributed by atoms with E-state index in [0.717, 1.165) is 92.5 Å². The molecule has 0 radical (unpaired) electrons. The number of furan rings is 2. The number of para-hydroxylation sites is 3. The van der Waals surface area contributed by atoms with Gasteiger partial charge < -0.3 is 8.83 Å². The summed E-state index contributed by atoms with van der Waals surface area (Å²) in [6, 6.07) is 53.4. The molecule has 0 unspecified atom stereocenters. The summed E-state index contributed by atoms with van der Waals surface area (Å²) < 4.78 is 14.0. The fourth-order valence-corrected chi connectivity index (χ4v) is 8.22. The van der Waals surface area contributed by atoms with Crippen LogP contribution >= 0.6 is 11.3 Å². The van der Waals surface area contributed by atoms with Gasteiger partial charge in [0.1, 0.15) is 27.3 Å². The van der Waals surface area contributed by atoms with Gasteiger partial charge in [0, 0.05) is 49.4 Å². The van der Waals surface area contributed by atoms with E-state index in [1.54, 1.807) is 11.3 Å². The van der Waals surface area contributed by atoms with Crippen LogP contribution in [0.1, 0.15) is 0 Å². The highest BCUT2D eigenvalue weighted by molar-refractivity contribution is 7.21. The molecule has 4 aromatic heterocycles. The van der Waals surface area contributed by atoms with Crippen molar-refractivity contribution in [2.75, 3.05) is 0 Å². The second-order valence-corrected chi connectivity index (χ2v) is 14.0. The van der Waals surface area contributed by atoms with Crippen molar-refractivity contribution in [1.82, 2.24) is 19.9 Å². The maximum Gasteiger partial charge on any atom is 0.164 e. The number of benzene rings is 7. The first-order valence-corrected chi connectivity index (χ1v) is 18.2. The molecule has 11 aromatic rings. The number of fused-ring (bicyclic) bond motifs is 7. The number of rotatable bonds is 5. The van der Waals surface area contributed by atoms with E-state index in [2.05, 4.69) is 78.9 Å². The zero-order chi connectivity index (χ0) is 34.9. The molecule has 0 amide bonds. The van der Waals surface area contributed by atoms with Crippen molar-refractivity contribution < 1.29 is 8.83 Å². The lowest BCUT2D eigenvalue weighted by atomic mass is 10.0. The van der Waals surface area contributed by atoms with Crippen LogP contribution < -0.4 is 0 Å². The van der Waals surface area contributed by atoms with E-state index in [1.807, 2.05) is 78.9 Å². The maximum atomic E-state index is 6.48. The molecular weight excluding hydrogens is 673 g/mol. The Morgan fingerprint density at radius 2 is 1.06 bits per heavy atom. The van der Waals surface area contributed by atoms with E-state index >= 15 is 0 Å². The van der Waals surface area contributed by atoms with Crippen LogP contribution in [-0.2, 0) is 0 Å². The lowest BCUT2D eigenvalue weighted by Gasteiger charge is -2.10. The number of nitrogens with zero attached hydrogens (tertiary/aromatic N) is 4. The summed E-state index contributed by atoms with van der Waals surface area (Å²) in [7, 11) is 0. The first-order chi connectivity index (χ1) is 26.2. The lowest BCUT2D eigenvalue weighted by Crippen LogP contribution is -2.00. The van der Waals surface area contributed by atoms with E-state index < -0.39 is 0 Å². The van der Waals surface area contributed by atoms with Gasteiger partial charge in [-0.15, -0.1) is 11.3 Å². The Balaban J connectivity index is 1.04. The average Bonchev–Trinajstić information content (AvgIpc) is 3.94. The van der Waals surface area contributed by atoms with Crippen LogP contribution in [0.3, 0.4) is 0 Å². The van der Waals surface area contributed by atoms with Gasteiger partial charge >= 0.3 is 0 Å². The Labute approximate surface area is 306 Å². The topological polar surface area (TPSA) is 77.8 Å². The molecule has 0 fully saturated rings. The Bertz CT molecular complexity index is 3150. The van der Waals surface area contributed by atoms with Gasteiger partial charge in [0.05, 0.1) is 10.2 Å². The largest absolute Gasteiger partial charge is 0.456 e. The van der Waals surface area contributed by atoms with Crippen LogP contribution in [0.15, 0.2) is 167 Å². The summed E-state index contributed by atoms with van der Waals surface area (Å²) >= 11 is 1.68. The van der Waals surface area contributed by atoms with Crippen LogP contribution in [-0.4, -0.2) is 19.9 Å². The summed E-state index contributed by atoms with van der Waals surface area (Å²) in [6.45, 7) is 0. The zero-order valence-corrected chi connectivity index (χ0v) is 28.8. The van der Waals surface area contributed by atoms with Gasteiger partial charge in [-0.1, -0.05) is 121 Å². The summed E-state index contributed by atoms with van der Waals surface area (Å²) in [5, 5.41) is 5.13. The van der Waals surface area contributed by atoms with Crippen molar-refractivity contribution in [2.24, 2.45) is 0 Å². The van der Waals surface area contributed by atoms with Crippen molar-refractivity contribution >= 4 is 65.4 Å². The lowest BCUT2D eigenvalue weighted by molar-refractivity contribution is 0.669. The highest BCUT2D eigenvalue weighted by Gasteiger charge is 2.19. The van der Waals surface area contributed by atoms with Gasteiger partial charge in [0.25, 0.3) is 0 Å². The summed E-state index contributed by atoms with van der Waals surface area (Å²) in [6.07, 6.45) is 0. The summed E-state index contributed by atoms with van der Waals surface area (Å²) in [5.41, 5.74) is 10.1. The summed E-state index contributed by atoms with van der Waals surface area (Å²) in [5.74, 6) is 1.77. The molecule has 11 rings (SSSR count). The molecule has 0 spiro atoms. The van der Waals surface area contributed by atoms with Gasteiger partial charge in [-0.2, -0.15) is 0 Å². The van der Waals surface area contributed by atoms with E-state index in [4.69, 9.17) is 28.8 Å². The number of aromatic nitrogens is 4. The van der Waals surface area contributed by atoms with Gasteiger partial charge in [0.15, 0.2) is 17.5 Å². The van der Waals surface area contributed by atoms with Gasteiger partial charge in [0.2, 0.25) is 0 Å². The van der Waals surface area contributed by atoms with Crippen LogP contribution in [0.2, 0.25) is 0 Å². The minimum absolute atomic E-state index is 0.577. The van der Waals surface area contributed by atoms with E-state index in [-0.39, 0.29) is 0 Å². The molecule has 0 N–H and O–H groups in total. The van der Waals surface area contributed by atoms with E-state index in [1.165, 1.54) is 0 Å². The van der Waals surface area contributed by atoms with Crippen molar-refractivity contribution in [3.8, 4) is 55.9 Å². The minimum atomic E-state index is 0.577. The molecule has 0 atom stereocenters. The quantitative estimate of drug-likeness (QED) is 0.178. The Morgan fingerprint density at radius 1 is 0.396 bits per heavy atom. The fraction of sp³-hybridized carbons (Fsp3) is 0. The second kappa shape index (κ2) is 11.8. The van der Waals surface area contributed by atoms with Gasteiger partial charge in [-0.3, -0.25) is 0 Å². The molecule has 4 heterocycles. The van der Waals surface area contributed by atoms with Crippen molar-refractivity contribution in [3.63, 3.8) is 0 Å². The van der Waals surface area contributed by atoms with Crippen LogP contribution in [0.25, 0.3) is 110 Å². The molecule has 0 aliphatic carbocycles. The highest BCUT2D eigenvalue weighted by Crippen LogP contribution is 2.40. The van der Waals surface area contributed by atoms with E-state index in [9.17, 15) is 0 Å². The highest BCUT2D eigenvalue weighted by atomic mass is 32.1. The Morgan fingerprint density at radius 3 is 1.92 bits per heavy atom. The maximum absolute atomic E-state index is 6.48. The minimum Gasteiger partial charge on any atom is -0.456 e. The average molecular weight is 699 g/mol. The third-order valence-corrected chi connectivity index (χ3v) is 10.9. The standard InChI is InChI=1S/C46H26N4O2S/c1-2-10-28(11-3-1)43-48-44(29-22-20-27(21-23-29)31-13-8-14-33-32-12-4-6-17-37(32)52-42(31)33)50-45(49-43)35-15-9-18-38-41(35)34-25-24-30(26-39(34)51-38)46-47-36-16-5-7-19-40(36)53-46/h1-26H. The molecule has 6 nitrogen and oxygen atoms in total. The monoisotopic (exact) mass is 698 g/mol. The first-order valence-electron chi connectivity index (χ1n) is 17.4. The molecule has 0 saturated heterocycles. The second-order valence-electron chi connectivity index (χ2n) is 13.0. The molecule has 0 bridgehead atoms. The van der Waals surface area contributed by atoms with Crippen molar-refractivity contribution in [1.29, 1.82) is 0 Å². The molecule has 7 aromatic carbocycles. The smallest absolute Gasteiger partial charge is 0.164 e. The molecule has 0 saturated carbocycles. The molecule has 248 valence electrons. The fourth-order valence-electron chi connectivity index (χ4n) is 7.26. The number of thiazole rings is 1. The zero-order valence-electron chi connectivity index (χ0n) is 28.0. The van der Waals surface area contributed by atoms with Crippen molar-refractivity contribution in [2.45, 2.75) is 0 Å². The van der Waals surface area contributed by atoms with E-state index in [0.29, 0.717) is 17.5 Å². The molecule has 0 aliphatic rings. The number of hydrogen-bond donors (Lipinski definition) is 0.